The van der Waals surface area contributed by atoms with Crippen LogP contribution in [0.25, 0.3) is 0 Å². The minimum absolute atomic E-state index is 0.0951. The summed E-state index contributed by atoms with van der Waals surface area (Å²) >= 11 is 0. The third-order valence-electron chi connectivity index (χ3n) is 4.97. The van der Waals surface area contributed by atoms with Crippen molar-refractivity contribution in [3.05, 3.63) is 64.7 Å². The highest BCUT2D eigenvalue weighted by Crippen LogP contribution is 2.35. The minimum atomic E-state index is -4.66. The predicted octanol–water partition coefficient (Wildman–Crippen LogP) is 3.49. The summed E-state index contributed by atoms with van der Waals surface area (Å²) in [7, 11) is 0. The van der Waals surface area contributed by atoms with Gasteiger partial charge in [0.1, 0.15) is 0 Å². The smallest absolute Gasteiger partial charge is 0.368 e. The van der Waals surface area contributed by atoms with Crippen molar-refractivity contribution in [3.63, 3.8) is 0 Å². The average Bonchev–Trinajstić information content (AvgIpc) is 2.76. The van der Waals surface area contributed by atoms with Gasteiger partial charge in [-0.3, -0.25) is 9.59 Å². The minimum Gasteiger partial charge on any atom is -0.368 e. The Balaban J connectivity index is 2.13. The Morgan fingerprint density at radius 3 is 2.30 bits per heavy atom. The van der Waals surface area contributed by atoms with Crippen molar-refractivity contribution >= 4 is 17.4 Å². The quantitative estimate of drug-likeness (QED) is 0.704. The first-order valence-electron chi connectivity index (χ1n) is 9.92. The number of para-hydroxylation sites is 1. The molecule has 1 fully saturated rings. The Kier molecular flexibility index (Phi) is 6.77. The number of piperazine rings is 1. The molecule has 1 saturated heterocycles. The number of rotatable bonds is 6. The average molecular weight is 419 g/mol. The molecule has 0 saturated carbocycles. The van der Waals surface area contributed by atoms with Crippen molar-refractivity contribution in [3.8, 4) is 0 Å². The lowest BCUT2D eigenvalue weighted by molar-refractivity contribution is -0.137. The van der Waals surface area contributed by atoms with Crippen LogP contribution in [0.15, 0.2) is 42.5 Å². The van der Waals surface area contributed by atoms with Crippen molar-refractivity contribution < 1.29 is 22.8 Å². The van der Waals surface area contributed by atoms with Gasteiger partial charge in [0.15, 0.2) is 5.78 Å². The molecular formula is C22H24F3N3O2. The van der Waals surface area contributed by atoms with E-state index in [-0.39, 0.29) is 11.5 Å². The summed E-state index contributed by atoms with van der Waals surface area (Å²) in [5.41, 5.74) is -0.636. The molecule has 0 radical (unpaired) electrons. The standard InChI is InChI=1S/C22H24F3N3O2/c1-2-10-27-21(30)17-8-5-7-16(19(17)28-13-11-26-12-14-28)20(29)15-6-3-4-9-18(15)22(23,24)25/h3-9,26H,2,10-14H2,1H3,(H,27,30). The van der Waals surface area contributed by atoms with Crippen LogP contribution in [0.4, 0.5) is 18.9 Å². The number of hydrogen-bond acceptors (Lipinski definition) is 4. The number of alkyl halides is 3. The fourth-order valence-corrected chi connectivity index (χ4v) is 3.55. The number of halogens is 3. The Hall–Kier alpha value is -2.87. The first kappa shape index (κ1) is 21.8. The molecule has 0 bridgehead atoms. The lowest BCUT2D eigenvalue weighted by Gasteiger charge is -2.32. The first-order chi connectivity index (χ1) is 14.3. The molecule has 1 heterocycles. The monoisotopic (exact) mass is 419 g/mol. The van der Waals surface area contributed by atoms with Crippen LogP contribution in [0.5, 0.6) is 0 Å². The summed E-state index contributed by atoms with van der Waals surface area (Å²) in [5, 5.41) is 6.00. The molecule has 8 heteroatoms. The molecule has 0 aliphatic carbocycles. The summed E-state index contributed by atoms with van der Waals surface area (Å²) < 4.78 is 40.5. The normalized spacial score (nSPS) is 14.5. The molecular weight excluding hydrogens is 395 g/mol. The van der Waals surface area contributed by atoms with Crippen LogP contribution in [0.1, 0.15) is 45.2 Å². The number of carbonyl (C=O) groups is 2. The van der Waals surface area contributed by atoms with E-state index in [0.29, 0.717) is 44.0 Å². The van der Waals surface area contributed by atoms with E-state index in [2.05, 4.69) is 10.6 Å². The Morgan fingerprint density at radius 1 is 1.00 bits per heavy atom. The summed E-state index contributed by atoms with van der Waals surface area (Å²) in [6.45, 7) is 4.77. The van der Waals surface area contributed by atoms with Gasteiger partial charge < -0.3 is 15.5 Å². The van der Waals surface area contributed by atoms with Gasteiger partial charge in [0.05, 0.1) is 16.8 Å². The van der Waals surface area contributed by atoms with Crippen LogP contribution in [-0.4, -0.2) is 44.4 Å². The second kappa shape index (κ2) is 9.30. The molecule has 0 atom stereocenters. The molecule has 0 spiro atoms. The van der Waals surface area contributed by atoms with Crippen LogP contribution in [-0.2, 0) is 6.18 Å². The van der Waals surface area contributed by atoms with Crippen molar-refractivity contribution in [1.82, 2.24) is 10.6 Å². The number of anilines is 1. The molecule has 2 aromatic carbocycles. The van der Waals surface area contributed by atoms with Gasteiger partial charge in [-0.15, -0.1) is 0 Å². The number of hydrogen-bond donors (Lipinski definition) is 2. The fourth-order valence-electron chi connectivity index (χ4n) is 3.55. The molecule has 30 heavy (non-hydrogen) atoms. The summed E-state index contributed by atoms with van der Waals surface area (Å²) in [5.74, 6) is -1.09. The maximum Gasteiger partial charge on any atom is 0.417 e. The third-order valence-corrected chi connectivity index (χ3v) is 4.97. The SMILES string of the molecule is CCCNC(=O)c1cccc(C(=O)c2ccccc2C(F)(F)F)c1N1CCNCC1. The lowest BCUT2D eigenvalue weighted by Crippen LogP contribution is -2.45. The van der Waals surface area contributed by atoms with E-state index < -0.39 is 23.1 Å². The lowest BCUT2D eigenvalue weighted by atomic mass is 9.94. The first-order valence-corrected chi connectivity index (χ1v) is 9.92. The molecule has 160 valence electrons. The van der Waals surface area contributed by atoms with Gasteiger partial charge in [0.2, 0.25) is 0 Å². The molecule has 1 amide bonds. The number of benzene rings is 2. The third kappa shape index (κ3) is 4.64. The maximum atomic E-state index is 13.5. The molecule has 0 unspecified atom stereocenters. The maximum absolute atomic E-state index is 13.5. The van der Waals surface area contributed by atoms with Crippen LogP contribution in [0.2, 0.25) is 0 Å². The highest BCUT2D eigenvalue weighted by Gasteiger charge is 2.36. The number of carbonyl (C=O) groups excluding carboxylic acids is 2. The fraction of sp³-hybridized carbons (Fsp3) is 0.364. The number of amides is 1. The predicted molar refractivity (Wildman–Crippen MR) is 109 cm³/mol. The second-order valence-electron chi connectivity index (χ2n) is 7.07. The van der Waals surface area contributed by atoms with E-state index in [1.807, 2.05) is 11.8 Å². The van der Waals surface area contributed by atoms with Crippen LogP contribution in [0.3, 0.4) is 0 Å². The number of ketones is 1. The Labute approximate surface area is 173 Å². The van der Waals surface area contributed by atoms with Gasteiger partial charge in [-0.05, 0) is 24.6 Å². The van der Waals surface area contributed by atoms with Crippen molar-refractivity contribution in [2.45, 2.75) is 19.5 Å². The van der Waals surface area contributed by atoms with Gasteiger partial charge in [0, 0.05) is 43.9 Å². The highest BCUT2D eigenvalue weighted by atomic mass is 19.4. The van der Waals surface area contributed by atoms with E-state index in [4.69, 9.17) is 0 Å². The second-order valence-corrected chi connectivity index (χ2v) is 7.07. The van der Waals surface area contributed by atoms with Gasteiger partial charge in [-0.2, -0.15) is 13.2 Å². The van der Waals surface area contributed by atoms with Gasteiger partial charge in [-0.1, -0.05) is 31.2 Å². The molecule has 2 aromatic rings. The van der Waals surface area contributed by atoms with Gasteiger partial charge in [0.25, 0.3) is 5.91 Å². The van der Waals surface area contributed by atoms with E-state index in [1.54, 1.807) is 6.07 Å². The number of nitrogens with one attached hydrogen (secondary N) is 2. The van der Waals surface area contributed by atoms with E-state index in [9.17, 15) is 22.8 Å². The molecule has 3 rings (SSSR count). The molecule has 0 aromatic heterocycles. The summed E-state index contributed by atoms with van der Waals surface area (Å²) in [6, 6.07) is 9.37. The largest absolute Gasteiger partial charge is 0.417 e. The van der Waals surface area contributed by atoms with Crippen LogP contribution in [0, 0.1) is 0 Å². The summed E-state index contributed by atoms with van der Waals surface area (Å²) in [6.07, 6.45) is -3.91. The Bertz CT molecular complexity index is 922. The molecule has 2 N–H and O–H groups in total. The highest BCUT2D eigenvalue weighted by molar-refractivity contribution is 6.16. The van der Waals surface area contributed by atoms with E-state index in [0.717, 1.165) is 12.5 Å². The van der Waals surface area contributed by atoms with Gasteiger partial charge >= 0.3 is 6.18 Å². The zero-order valence-electron chi connectivity index (χ0n) is 16.7. The van der Waals surface area contributed by atoms with Gasteiger partial charge in [-0.25, -0.2) is 0 Å². The Morgan fingerprint density at radius 2 is 1.63 bits per heavy atom. The van der Waals surface area contributed by atoms with E-state index >= 15 is 0 Å². The number of nitrogens with zero attached hydrogens (tertiary/aromatic N) is 1. The summed E-state index contributed by atoms with van der Waals surface area (Å²) in [4.78, 5) is 27.9. The topological polar surface area (TPSA) is 61.4 Å². The van der Waals surface area contributed by atoms with Crippen molar-refractivity contribution in [2.75, 3.05) is 37.6 Å². The van der Waals surface area contributed by atoms with Crippen LogP contribution >= 0.6 is 0 Å². The molecule has 1 aliphatic heterocycles. The van der Waals surface area contributed by atoms with E-state index in [1.165, 1.54) is 30.3 Å². The molecule has 5 nitrogen and oxygen atoms in total. The zero-order valence-corrected chi connectivity index (χ0v) is 16.7. The van der Waals surface area contributed by atoms with Crippen molar-refractivity contribution in [2.24, 2.45) is 0 Å². The molecule has 1 aliphatic rings. The van der Waals surface area contributed by atoms with Crippen LogP contribution < -0.4 is 15.5 Å². The van der Waals surface area contributed by atoms with Crippen molar-refractivity contribution in [1.29, 1.82) is 0 Å². The zero-order chi connectivity index (χ0) is 21.7.